The van der Waals surface area contributed by atoms with Crippen LogP contribution in [0.4, 0.5) is 0 Å². The van der Waals surface area contributed by atoms with Crippen LogP contribution in [-0.2, 0) is 6.42 Å². The molecule has 0 bridgehead atoms. The molecule has 0 saturated carbocycles. The van der Waals surface area contributed by atoms with Crippen molar-refractivity contribution in [1.29, 1.82) is 0 Å². The minimum absolute atomic E-state index is 0.607. The zero-order valence-corrected chi connectivity index (χ0v) is 10.7. The fraction of sp³-hybridized carbons (Fsp3) is 0.286. The van der Waals surface area contributed by atoms with Gasteiger partial charge in [0.15, 0.2) is 11.5 Å². The van der Waals surface area contributed by atoms with Crippen LogP contribution in [-0.4, -0.2) is 21.3 Å². The maximum atomic E-state index is 5.31. The molecule has 0 saturated heterocycles. The van der Waals surface area contributed by atoms with Crippen LogP contribution in [0.3, 0.4) is 0 Å². The molecule has 0 N–H and O–H groups in total. The lowest BCUT2D eigenvalue weighted by Gasteiger charge is -2.13. The maximum Gasteiger partial charge on any atom is 0.203 e. The molecule has 2 aromatic rings. The Morgan fingerprint density at radius 3 is 2.06 bits per heavy atom. The van der Waals surface area contributed by atoms with Crippen molar-refractivity contribution in [2.45, 2.75) is 6.42 Å². The first kappa shape index (κ1) is 12.4. The Morgan fingerprint density at radius 2 is 1.61 bits per heavy atom. The third-order valence-electron chi connectivity index (χ3n) is 2.71. The van der Waals surface area contributed by atoms with Crippen LogP contribution in [0.2, 0.25) is 0 Å². The first-order valence-corrected chi connectivity index (χ1v) is 5.58. The van der Waals surface area contributed by atoms with Gasteiger partial charge < -0.3 is 18.6 Å². The summed E-state index contributed by atoms with van der Waals surface area (Å²) in [5.41, 5.74) is 2.18. The summed E-state index contributed by atoms with van der Waals surface area (Å²) in [4.78, 5) is 0. The molecule has 2 rings (SSSR count). The Labute approximate surface area is 106 Å². The van der Waals surface area contributed by atoms with E-state index in [0.29, 0.717) is 17.2 Å². The molecule has 4 heteroatoms. The topological polar surface area (TPSA) is 40.8 Å². The minimum atomic E-state index is 0.607. The summed E-state index contributed by atoms with van der Waals surface area (Å²) in [6.07, 6.45) is 4.14. The molecular formula is C14H16O4. The van der Waals surface area contributed by atoms with Gasteiger partial charge in [0.05, 0.1) is 33.9 Å². The Bertz CT molecular complexity index is 478. The third-order valence-corrected chi connectivity index (χ3v) is 2.71. The van der Waals surface area contributed by atoms with Crippen LogP contribution < -0.4 is 14.2 Å². The summed E-state index contributed by atoms with van der Waals surface area (Å²) in [6, 6.07) is 5.81. The summed E-state index contributed by atoms with van der Waals surface area (Å²) in [5, 5.41) is 0. The second-order valence-electron chi connectivity index (χ2n) is 3.84. The van der Waals surface area contributed by atoms with E-state index < -0.39 is 0 Å². The Balaban J connectivity index is 2.37. The summed E-state index contributed by atoms with van der Waals surface area (Å²) >= 11 is 0. The summed E-state index contributed by atoms with van der Waals surface area (Å²) in [7, 11) is 4.81. The highest BCUT2D eigenvalue weighted by atomic mass is 16.5. The molecule has 0 spiro atoms. The number of hydrogen-bond acceptors (Lipinski definition) is 4. The van der Waals surface area contributed by atoms with E-state index in [4.69, 9.17) is 18.6 Å². The molecule has 0 radical (unpaired) electrons. The minimum Gasteiger partial charge on any atom is -0.493 e. The van der Waals surface area contributed by atoms with Crippen molar-refractivity contribution in [3.05, 3.63) is 41.9 Å². The van der Waals surface area contributed by atoms with Crippen LogP contribution in [0.25, 0.3) is 0 Å². The van der Waals surface area contributed by atoms with Gasteiger partial charge in [0.1, 0.15) is 0 Å². The summed E-state index contributed by atoms with van der Waals surface area (Å²) < 4.78 is 21.0. The van der Waals surface area contributed by atoms with Gasteiger partial charge >= 0.3 is 0 Å². The SMILES string of the molecule is COc1cc(Cc2ccoc2)cc(OC)c1OC. The Morgan fingerprint density at radius 1 is 0.944 bits per heavy atom. The number of furan rings is 1. The molecule has 0 atom stereocenters. The van der Waals surface area contributed by atoms with E-state index in [9.17, 15) is 0 Å². The normalized spacial score (nSPS) is 10.2. The Kier molecular flexibility index (Phi) is 3.77. The molecular weight excluding hydrogens is 232 g/mol. The van der Waals surface area contributed by atoms with Gasteiger partial charge in [-0.1, -0.05) is 0 Å². The van der Waals surface area contributed by atoms with Crippen molar-refractivity contribution in [2.24, 2.45) is 0 Å². The van der Waals surface area contributed by atoms with E-state index in [1.165, 1.54) is 0 Å². The van der Waals surface area contributed by atoms with E-state index in [1.807, 2.05) is 18.2 Å². The van der Waals surface area contributed by atoms with Gasteiger partial charge in [-0.2, -0.15) is 0 Å². The highest BCUT2D eigenvalue weighted by Crippen LogP contribution is 2.38. The predicted molar refractivity (Wildman–Crippen MR) is 67.6 cm³/mol. The highest BCUT2D eigenvalue weighted by Gasteiger charge is 2.13. The molecule has 1 aromatic carbocycles. The molecule has 0 unspecified atom stereocenters. The van der Waals surface area contributed by atoms with Gasteiger partial charge in [-0.3, -0.25) is 0 Å². The molecule has 0 amide bonds. The van der Waals surface area contributed by atoms with Crippen molar-refractivity contribution < 1.29 is 18.6 Å². The molecule has 0 fully saturated rings. The van der Waals surface area contributed by atoms with Crippen LogP contribution in [0, 0.1) is 0 Å². The van der Waals surface area contributed by atoms with E-state index in [2.05, 4.69) is 0 Å². The van der Waals surface area contributed by atoms with Gasteiger partial charge in [0.2, 0.25) is 5.75 Å². The zero-order valence-electron chi connectivity index (χ0n) is 10.7. The number of ether oxygens (including phenoxy) is 3. The van der Waals surface area contributed by atoms with Crippen molar-refractivity contribution >= 4 is 0 Å². The van der Waals surface area contributed by atoms with E-state index in [0.717, 1.165) is 17.5 Å². The molecule has 0 aliphatic heterocycles. The maximum absolute atomic E-state index is 5.31. The lowest BCUT2D eigenvalue weighted by molar-refractivity contribution is 0.324. The van der Waals surface area contributed by atoms with E-state index in [1.54, 1.807) is 33.9 Å². The van der Waals surface area contributed by atoms with Crippen LogP contribution >= 0.6 is 0 Å². The van der Waals surface area contributed by atoms with Crippen molar-refractivity contribution in [3.63, 3.8) is 0 Å². The summed E-state index contributed by atoms with van der Waals surface area (Å²) in [5.74, 6) is 1.93. The molecule has 1 heterocycles. The molecule has 4 nitrogen and oxygen atoms in total. The second kappa shape index (κ2) is 5.49. The molecule has 0 aliphatic carbocycles. The molecule has 1 aromatic heterocycles. The quantitative estimate of drug-likeness (QED) is 0.815. The third kappa shape index (κ3) is 2.42. The van der Waals surface area contributed by atoms with Crippen LogP contribution in [0.5, 0.6) is 17.2 Å². The van der Waals surface area contributed by atoms with Crippen LogP contribution in [0.15, 0.2) is 35.1 Å². The Hall–Kier alpha value is -2.10. The second-order valence-corrected chi connectivity index (χ2v) is 3.84. The van der Waals surface area contributed by atoms with Gasteiger partial charge in [-0.05, 0) is 29.3 Å². The van der Waals surface area contributed by atoms with E-state index in [-0.39, 0.29) is 0 Å². The van der Waals surface area contributed by atoms with Crippen LogP contribution in [0.1, 0.15) is 11.1 Å². The monoisotopic (exact) mass is 248 g/mol. The lowest BCUT2D eigenvalue weighted by Crippen LogP contribution is -1.97. The predicted octanol–water partition coefficient (Wildman–Crippen LogP) is 2.90. The number of benzene rings is 1. The zero-order chi connectivity index (χ0) is 13.0. The standard InChI is InChI=1S/C14H16O4/c1-15-12-7-11(6-10-4-5-18-9-10)8-13(16-2)14(12)17-3/h4-5,7-9H,6H2,1-3H3. The van der Waals surface area contributed by atoms with Crippen molar-refractivity contribution in [2.75, 3.05) is 21.3 Å². The molecule has 0 aliphatic rings. The van der Waals surface area contributed by atoms with Gasteiger partial charge in [-0.25, -0.2) is 0 Å². The van der Waals surface area contributed by atoms with Crippen molar-refractivity contribution in [1.82, 2.24) is 0 Å². The first-order chi connectivity index (χ1) is 8.78. The van der Waals surface area contributed by atoms with Gasteiger partial charge in [0.25, 0.3) is 0 Å². The smallest absolute Gasteiger partial charge is 0.203 e. The average molecular weight is 248 g/mol. The van der Waals surface area contributed by atoms with Gasteiger partial charge in [0, 0.05) is 6.42 Å². The van der Waals surface area contributed by atoms with E-state index >= 15 is 0 Å². The molecule has 96 valence electrons. The fourth-order valence-electron chi connectivity index (χ4n) is 1.87. The summed E-state index contributed by atoms with van der Waals surface area (Å²) in [6.45, 7) is 0. The highest BCUT2D eigenvalue weighted by molar-refractivity contribution is 5.54. The van der Waals surface area contributed by atoms with Gasteiger partial charge in [-0.15, -0.1) is 0 Å². The first-order valence-electron chi connectivity index (χ1n) is 5.58. The number of rotatable bonds is 5. The largest absolute Gasteiger partial charge is 0.493 e. The number of hydrogen-bond donors (Lipinski definition) is 0. The van der Waals surface area contributed by atoms with Crippen molar-refractivity contribution in [3.8, 4) is 17.2 Å². The fourth-order valence-corrected chi connectivity index (χ4v) is 1.87. The lowest BCUT2D eigenvalue weighted by atomic mass is 10.1. The average Bonchev–Trinajstić information content (AvgIpc) is 2.90. The molecule has 18 heavy (non-hydrogen) atoms. The number of methoxy groups -OCH3 is 3.